The number of rotatable bonds is 6. The molecule has 0 heterocycles. The molecule has 80 valence electrons. The van der Waals surface area contributed by atoms with E-state index in [0.717, 1.165) is 12.8 Å². The van der Waals surface area contributed by atoms with Crippen molar-refractivity contribution in [2.75, 3.05) is 0 Å². The van der Waals surface area contributed by atoms with Crippen LogP contribution >= 0.6 is 0 Å². The van der Waals surface area contributed by atoms with Gasteiger partial charge in [0.1, 0.15) is 0 Å². The molecule has 1 N–H and O–H groups in total. The first-order valence-corrected chi connectivity index (χ1v) is 5.01. The molecule has 0 aromatic rings. The third-order valence-corrected chi connectivity index (χ3v) is 2.38. The van der Waals surface area contributed by atoms with E-state index in [1.54, 1.807) is 0 Å². The summed E-state index contributed by atoms with van der Waals surface area (Å²) in [6.07, 6.45) is -0.192. The predicted molar refractivity (Wildman–Crippen MR) is 52.1 cm³/mol. The van der Waals surface area contributed by atoms with Gasteiger partial charge in [-0.3, -0.25) is 0 Å². The van der Waals surface area contributed by atoms with Gasteiger partial charge in [-0.05, 0) is 26.2 Å². The Labute approximate surface area is 79.9 Å². The molecule has 3 atom stereocenters. The third-order valence-electron chi connectivity index (χ3n) is 2.38. The number of halogens is 2. The minimum absolute atomic E-state index is 0.180. The zero-order valence-electron chi connectivity index (χ0n) is 8.98. The molecule has 0 aliphatic heterocycles. The van der Waals surface area contributed by atoms with Crippen molar-refractivity contribution < 1.29 is 8.78 Å². The summed E-state index contributed by atoms with van der Waals surface area (Å²) >= 11 is 0. The molecular formula is C10H21F2N. The molecule has 0 amide bonds. The Hall–Kier alpha value is -0.180. The quantitative estimate of drug-likeness (QED) is 0.683. The van der Waals surface area contributed by atoms with Gasteiger partial charge in [-0.15, -0.1) is 0 Å². The highest BCUT2D eigenvalue weighted by molar-refractivity contribution is 4.70. The van der Waals surface area contributed by atoms with E-state index < -0.39 is 12.5 Å². The molecule has 0 aromatic heterocycles. The van der Waals surface area contributed by atoms with Crippen molar-refractivity contribution >= 4 is 0 Å². The van der Waals surface area contributed by atoms with Crippen molar-refractivity contribution in [2.24, 2.45) is 5.92 Å². The maximum absolute atomic E-state index is 12.1. The maximum Gasteiger partial charge on any atom is 0.253 e. The average Bonchev–Trinajstić information content (AvgIpc) is 2.03. The van der Waals surface area contributed by atoms with Gasteiger partial charge >= 0.3 is 0 Å². The van der Waals surface area contributed by atoms with Gasteiger partial charge in [-0.2, -0.15) is 0 Å². The van der Waals surface area contributed by atoms with Crippen LogP contribution in [0.4, 0.5) is 8.78 Å². The normalized spacial score (nSPS) is 18.7. The Balaban J connectivity index is 3.67. The molecule has 0 saturated heterocycles. The monoisotopic (exact) mass is 193 g/mol. The number of hydrogen-bond donors (Lipinski definition) is 1. The Kier molecular flexibility index (Phi) is 6.21. The highest BCUT2D eigenvalue weighted by Crippen LogP contribution is 2.11. The van der Waals surface area contributed by atoms with E-state index in [4.69, 9.17) is 0 Å². The lowest BCUT2D eigenvalue weighted by Crippen LogP contribution is -2.39. The molecular weight excluding hydrogens is 172 g/mol. The second-order valence-corrected chi connectivity index (χ2v) is 3.94. The van der Waals surface area contributed by atoms with Crippen molar-refractivity contribution in [3.63, 3.8) is 0 Å². The average molecular weight is 193 g/mol. The second-order valence-electron chi connectivity index (χ2n) is 3.94. The fourth-order valence-electron chi connectivity index (χ4n) is 1.36. The van der Waals surface area contributed by atoms with Crippen LogP contribution in [-0.2, 0) is 0 Å². The fourth-order valence-corrected chi connectivity index (χ4v) is 1.36. The Morgan fingerprint density at radius 3 is 2.08 bits per heavy atom. The van der Waals surface area contributed by atoms with E-state index >= 15 is 0 Å². The summed E-state index contributed by atoms with van der Waals surface area (Å²) in [4.78, 5) is 0. The van der Waals surface area contributed by atoms with Crippen LogP contribution in [0.3, 0.4) is 0 Å². The van der Waals surface area contributed by atoms with E-state index in [2.05, 4.69) is 19.2 Å². The smallest absolute Gasteiger partial charge is 0.253 e. The first-order chi connectivity index (χ1) is 5.97. The molecule has 0 aliphatic carbocycles. The van der Waals surface area contributed by atoms with E-state index in [9.17, 15) is 8.78 Å². The van der Waals surface area contributed by atoms with Crippen LogP contribution < -0.4 is 5.32 Å². The summed E-state index contributed by atoms with van der Waals surface area (Å²) in [6.45, 7) is 7.75. The molecule has 0 spiro atoms. The Bertz CT molecular complexity index is 128. The zero-order chi connectivity index (χ0) is 10.4. The van der Waals surface area contributed by atoms with Crippen molar-refractivity contribution in [1.82, 2.24) is 5.32 Å². The lowest BCUT2D eigenvalue weighted by molar-refractivity contribution is 0.0991. The number of hydrogen-bond acceptors (Lipinski definition) is 1. The summed E-state index contributed by atoms with van der Waals surface area (Å²) < 4.78 is 24.3. The topological polar surface area (TPSA) is 12.0 Å². The summed E-state index contributed by atoms with van der Waals surface area (Å²) in [6, 6.07) is -0.516. The van der Waals surface area contributed by atoms with Gasteiger partial charge in [0, 0.05) is 6.04 Å². The molecule has 13 heavy (non-hydrogen) atoms. The second kappa shape index (κ2) is 6.30. The van der Waals surface area contributed by atoms with Gasteiger partial charge < -0.3 is 5.32 Å². The molecule has 3 heteroatoms. The molecule has 1 nitrogen and oxygen atoms in total. The minimum atomic E-state index is -2.26. The van der Waals surface area contributed by atoms with E-state index in [1.165, 1.54) is 6.92 Å². The highest BCUT2D eigenvalue weighted by Gasteiger charge is 2.17. The third kappa shape index (κ3) is 5.97. The molecule has 3 unspecified atom stereocenters. The van der Waals surface area contributed by atoms with E-state index in [-0.39, 0.29) is 6.04 Å². The summed E-state index contributed by atoms with van der Waals surface area (Å²) in [5.41, 5.74) is 0. The lowest BCUT2D eigenvalue weighted by Gasteiger charge is -2.21. The van der Waals surface area contributed by atoms with Crippen LogP contribution in [0.5, 0.6) is 0 Å². The molecule has 0 aliphatic rings. The first-order valence-electron chi connectivity index (χ1n) is 5.01. The van der Waals surface area contributed by atoms with Crippen molar-refractivity contribution in [1.29, 1.82) is 0 Å². The number of alkyl halides is 2. The van der Waals surface area contributed by atoms with E-state index in [0.29, 0.717) is 5.92 Å². The van der Waals surface area contributed by atoms with Gasteiger partial charge in [0.25, 0.3) is 6.43 Å². The summed E-state index contributed by atoms with van der Waals surface area (Å²) in [5.74, 6) is 0.604. The predicted octanol–water partition coefficient (Wildman–Crippen LogP) is 3.05. The van der Waals surface area contributed by atoms with Crippen LogP contribution in [0, 0.1) is 5.92 Å². The van der Waals surface area contributed by atoms with Gasteiger partial charge in [0.2, 0.25) is 0 Å². The standard InChI is InChI=1S/C10H21F2N/c1-5-7(2)6-8(3)13-9(4)10(11)12/h7-10,13H,5-6H2,1-4H3. The Morgan fingerprint density at radius 1 is 1.15 bits per heavy atom. The Morgan fingerprint density at radius 2 is 1.69 bits per heavy atom. The SMILES string of the molecule is CCC(C)CC(C)NC(C)C(F)F. The lowest BCUT2D eigenvalue weighted by atomic mass is 10.00. The minimum Gasteiger partial charge on any atom is -0.307 e. The maximum atomic E-state index is 12.1. The van der Waals surface area contributed by atoms with Gasteiger partial charge in [0.05, 0.1) is 6.04 Å². The molecule has 0 radical (unpaired) electrons. The molecule has 0 aromatic carbocycles. The molecule has 0 fully saturated rings. The summed E-state index contributed by atoms with van der Waals surface area (Å²) in [5, 5.41) is 2.89. The fraction of sp³-hybridized carbons (Fsp3) is 1.00. The molecule has 0 saturated carbocycles. The van der Waals surface area contributed by atoms with Crippen LogP contribution in [0.1, 0.15) is 40.5 Å². The summed E-state index contributed by atoms with van der Waals surface area (Å²) in [7, 11) is 0. The van der Waals surface area contributed by atoms with Crippen LogP contribution in [0.25, 0.3) is 0 Å². The van der Waals surface area contributed by atoms with Gasteiger partial charge in [0.15, 0.2) is 0 Å². The van der Waals surface area contributed by atoms with Crippen LogP contribution in [0.15, 0.2) is 0 Å². The largest absolute Gasteiger partial charge is 0.307 e. The van der Waals surface area contributed by atoms with E-state index in [1.807, 2.05) is 6.92 Å². The highest BCUT2D eigenvalue weighted by atomic mass is 19.3. The van der Waals surface area contributed by atoms with Crippen molar-refractivity contribution in [3.8, 4) is 0 Å². The first kappa shape index (κ1) is 12.8. The van der Waals surface area contributed by atoms with Crippen LogP contribution in [-0.4, -0.2) is 18.5 Å². The van der Waals surface area contributed by atoms with Crippen molar-refractivity contribution in [3.05, 3.63) is 0 Å². The van der Waals surface area contributed by atoms with Crippen LogP contribution in [0.2, 0.25) is 0 Å². The van der Waals surface area contributed by atoms with Gasteiger partial charge in [-0.1, -0.05) is 20.3 Å². The zero-order valence-corrected chi connectivity index (χ0v) is 8.98. The van der Waals surface area contributed by atoms with Gasteiger partial charge in [-0.25, -0.2) is 8.78 Å². The number of nitrogens with one attached hydrogen (secondary N) is 1. The molecule has 0 rings (SSSR count). The van der Waals surface area contributed by atoms with Crippen molar-refractivity contribution in [2.45, 2.75) is 59.0 Å². The molecule has 0 bridgehead atoms.